The fourth-order valence-electron chi connectivity index (χ4n) is 2.19. The Kier molecular flexibility index (Phi) is 3.59. The van der Waals surface area contributed by atoms with E-state index in [1.807, 2.05) is 24.3 Å². The number of nitrogens with two attached hydrogens (primary N) is 1. The molecule has 0 aromatic heterocycles. The van der Waals surface area contributed by atoms with Crippen LogP contribution in [0.15, 0.2) is 36.9 Å². The van der Waals surface area contributed by atoms with E-state index in [4.69, 9.17) is 10.6 Å². The summed E-state index contributed by atoms with van der Waals surface area (Å²) in [5.74, 6) is 6.98. The molecule has 86 valence electrons. The summed E-state index contributed by atoms with van der Waals surface area (Å²) in [7, 11) is 0. The summed E-state index contributed by atoms with van der Waals surface area (Å²) >= 11 is 0. The molecule has 1 aromatic carbocycles. The van der Waals surface area contributed by atoms with Crippen LogP contribution in [0.25, 0.3) is 0 Å². The van der Waals surface area contributed by atoms with Crippen LogP contribution in [-0.4, -0.2) is 12.6 Å². The van der Waals surface area contributed by atoms with E-state index >= 15 is 0 Å². The van der Waals surface area contributed by atoms with E-state index in [1.165, 1.54) is 5.56 Å². The summed E-state index contributed by atoms with van der Waals surface area (Å²) in [4.78, 5) is 0. The van der Waals surface area contributed by atoms with E-state index in [0.29, 0.717) is 5.92 Å². The Morgan fingerprint density at radius 3 is 3.12 bits per heavy atom. The molecule has 1 aliphatic heterocycles. The predicted octanol–water partition coefficient (Wildman–Crippen LogP) is 1.65. The third-order valence-corrected chi connectivity index (χ3v) is 3.11. The molecule has 3 nitrogen and oxygen atoms in total. The second-order valence-corrected chi connectivity index (χ2v) is 4.18. The maximum atomic E-state index is 5.74. The van der Waals surface area contributed by atoms with Crippen molar-refractivity contribution < 1.29 is 4.74 Å². The van der Waals surface area contributed by atoms with Gasteiger partial charge in [0, 0.05) is 12.0 Å². The number of benzene rings is 1. The van der Waals surface area contributed by atoms with Gasteiger partial charge in [-0.3, -0.25) is 11.3 Å². The normalized spacial score (nSPS) is 20.7. The molecule has 0 spiro atoms. The molecule has 3 N–H and O–H groups in total. The molecular weight excluding hydrogens is 200 g/mol. The summed E-state index contributed by atoms with van der Waals surface area (Å²) in [6.07, 6.45) is 3.77. The topological polar surface area (TPSA) is 47.3 Å². The van der Waals surface area contributed by atoms with Gasteiger partial charge in [-0.1, -0.05) is 24.3 Å². The Balaban J connectivity index is 2.09. The van der Waals surface area contributed by atoms with Crippen molar-refractivity contribution >= 4 is 0 Å². The summed E-state index contributed by atoms with van der Waals surface area (Å²) in [5, 5.41) is 0. The lowest BCUT2D eigenvalue weighted by atomic mass is 9.89. The second-order valence-electron chi connectivity index (χ2n) is 4.18. The number of nitrogens with one attached hydrogen (secondary N) is 1. The minimum atomic E-state index is 0.242. The van der Waals surface area contributed by atoms with Gasteiger partial charge < -0.3 is 4.74 Å². The van der Waals surface area contributed by atoms with E-state index in [-0.39, 0.29) is 6.04 Å². The highest BCUT2D eigenvalue weighted by atomic mass is 16.5. The lowest BCUT2D eigenvalue weighted by Crippen LogP contribution is -2.44. The first kappa shape index (κ1) is 11.2. The van der Waals surface area contributed by atoms with Gasteiger partial charge in [-0.05, 0) is 24.5 Å². The van der Waals surface area contributed by atoms with Crippen molar-refractivity contribution in [3.8, 4) is 5.75 Å². The van der Waals surface area contributed by atoms with Crippen molar-refractivity contribution in [2.24, 2.45) is 11.8 Å². The number of hydrogen-bond donors (Lipinski definition) is 2. The van der Waals surface area contributed by atoms with Crippen molar-refractivity contribution in [2.45, 2.75) is 18.9 Å². The standard InChI is InChI=1S/C13H18N2O/c1-2-5-12(15-14)11-8-10-6-3-4-7-13(10)16-9-11/h2-4,6-7,11-12,15H,1,5,8-9,14H2. The molecule has 2 rings (SSSR count). The number of rotatable bonds is 4. The van der Waals surface area contributed by atoms with Crippen LogP contribution < -0.4 is 16.0 Å². The molecule has 0 bridgehead atoms. The highest BCUT2D eigenvalue weighted by Gasteiger charge is 2.25. The van der Waals surface area contributed by atoms with Gasteiger partial charge in [-0.25, -0.2) is 0 Å². The Labute approximate surface area is 96.3 Å². The fourth-order valence-corrected chi connectivity index (χ4v) is 2.19. The van der Waals surface area contributed by atoms with Gasteiger partial charge in [0.1, 0.15) is 5.75 Å². The fraction of sp³-hybridized carbons (Fsp3) is 0.385. The SMILES string of the molecule is C=CCC(NN)C1COc2ccccc2C1. The highest BCUT2D eigenvalue weighted by Crippen LogP contribution is 2.28. The van der Waals surface area contributed by atoms with Crippen LogP contribution in [-0.2, 0) is 6.42 Å². The predicted molar refractivity (Wildman–Crippen MR) is 65.1 cm³/mol. The molecule has 1 aliphatic rings. The molecule has 1 heterocycles. The zero-order valence-electron chi connectivity index (χ0n) is 9.36. The zero-order chi connectivity index (χ0) is 11.4. The maximum Gasteiger partial charge on any atom is 0.122 e. The first-order chi connectivity index (χ1) is 7.85. The Morgan fingerprint density at radius 1 is 1.56 bits per heavy atom. The van der Waals surface area contributed by atoms with E-state index in [1.54, 1.807) is 0 Å². The largest absolute Gasteiger partial charge is 0.493 e. The summed E-state index contributed by atoms with van der Waals surface area (Å²) < 4.78 is 5.74. The monoisotopic (exact) mass is 218 g/mol. The molecule has 0 saturated heterocycles. The highest BCUT2D eigenvalue weighted by molar-refractivity contribution is 5.35. The smallest absolute Gasteiger partial charge is 0.122 e. The second kappa shape index (κ2) is 5.14. The third kappa shape index (κ3) is 2.26. The number of para-hydroxylation sites is 1. The lowest BCUT2D eigenvalue weighted by molar-refractivity contribution is 0.185. The van der Waals surface area contributed by atoms with Crippen molar-refractivity contribution in [1.29, 1.82) is 0 Å². The Hall–Kier alpha value is -1.32. The van der Waals surface area contributed by atoms with Crippen LogP contribution in [0.5, 0.6) is 5.75 Å². The van der Waals surface area contributed by atoms with Crippen molar-refractivity contribution in [3.05, 3.63) is 42.5 Å². The molecule has 0 radical (unpaired) electrons. The molecule has 0 saturated carbocycles. The van der Waals surface area contributed by atoms with Crippen LogP contribution in [0, 0.1) is 5.92 Å². The Morgan fingerprint density at radius 2 is 2.38 bits per heavy atom. The molecule has 1 aromatic rings. The molecule has 2 unspecified atom stereocenters. The van der Waals surface area contributed by atoms with Gasteiger partial charge in [0.05, 0.1) is 6.61 Å². The average molecular weight is 218 g/mol. The van der Waals surface area contributed by atoms with Crippen molar-refractivity contribution in [1.82, 2.24) is 5.43 Å². The zero-order valence-corrected chi connectivity index (χ0v) is 9.36. The van der Waals surface area contributed by atoms with Crippen molar-refractivity contribution in [3.63, 3.8) is 0 Å². The van der Waals surface area contributed by atoms with Gasteiger partial charge in [-0.15, -0.1) is 6.58 Å². The molecular formula is C13H18N2O. The molecule has 16 heavy (non-hydrogen) atoms. The average Bonchev–Trinajstić information content (AvgIpc) is 2.35. The minimum absolute atomic E-state index is 0.242. The molecule has 2 atom stereocenters. The van der Waals surface area contributed by atoms with Crippen LogP contribution in [0.3, 0.4) is 0 Å². The minimum Gasteiger partial charge on any atom is -0.493 e. The van der Waals surface area contributed by atoms with Crippen molar-refractivity contribution in [2.75, 3.05) is 6.61 Å². The number of ether oxygens (including phenoxy) is 1. The summed E-state index contributed by atoms with van der Waals surface area (Å²) in [6.45, 7) is 4.47. The molecule has 0 fully saturated rings. The van der Waals surface area contributed by atoms with Gasteiger partial charge in [0.15, 0.2) is 0 Å². The first-order valence-corrected chi connectivity index (χ1v) is 5.63. The quantitative estimate of drug-likeness (QED) is 0.459. The summed E-state index contributed by atoms with van der Waals surface area (Å²) in [6, 6.07) is 8.42. The van der Waals surface area contributed by atoms with E-state index in [9.17, 15) is 0 Å². The number of fused-ring (bicyclic) bond motifs is 1. The number of hydrazine groups is 1. The van der Waals surface area contributed by atoms with Gasteiger partial charge in [-0.2, -0.15) is 0 Å². The van der Waals surface area contributed by atoms with E-state index < -0.39 is 0 Å². The van der Waals surface area contributed by atoms with Crippen LogP contribution in [0.4, 0.5) is 0 Å². The van der Waals surface area contributed by atoms with Crippen LogP contribution >= 0.6 is 0 Å². The van der Waals surface area contributed by atoms with E-state index in [2.05, 4.69) is 18.1 Å². The first-order valence-electron chi connectivity index (χ1n) is 5.63. The molecule has 0 aliphatic carbocycles. The van der Waals surface area contributed by atoms with Crippen LogP contribution in [0.1, 0.15) is 12.0 Å². The van der Waals surface area contributed by atoms with Gasteiger partial charge in [0.25, 0.3) is 0 Å². The van der Waals surface area contributed by atoms with Crippen LogP contribution in [0.2, 0.25) is 0 Å². The third-order valence-electron chi connectivity index (χ3n) is 3.11. The number of hydrogen-bond acceptors (Lipinski definition) is 3. The van der Waals surface area contributed by atoms with E-state index in [0.717, 1.165) is 25.2 Å². The molecule has 0 amide bonds. The Bertz CT molecular complexity index is 365. The van der Waals surface area contributed by atoms with Gasteiger partial charge in [0.2, 0.25) is 0 Å². The maximum absolute atomic E-state index is 5.74. The van der Waals surface area contributed by atoms with Gasteiger partial charge >= 0.3 is 0 Å². The summed E-state index contributed by atoms with van der Waals surface area (Å²) in [5.41, 5.74) is 4.12. The lowest BCUT2D eigenvalue weighted by Gasteiger charge is -2.30. The molecule has 3 heteroatoms.